The lowest BCUT2D eigenvalue weighted by Gasteiger charge is -2.07. The third-order valence-corrected chi connectivity index (χ3v) is 2.71. The van der Waals surface area contributed by atoms with E-state index in [1.54, 1.807) is 0 Å². The van der Waals surface area contributed by atoms with E-state index < -0.39 is 11.7 Å². The summed E-state index contributed by atoms with van der Waals surface area (Å²) in [5.74, 6) is 0. The predicted molar refractivity (Wildman–Crippen MR) is 73.4 cm³/mol. The van der Waals surface area contributed by atoms with Crippen molar-refractivity contribution in [3.63, 3.8) is 0 Å². The van der Waals surface area contributed by atoms with Crippen LogP contribution < -0.4 is 0 Å². The topological polar surface area (TPSA) is 34.1 Å². The fourth-order valence-electron chi connectivity index (χ4n) is 1.58. The SMILES string of the molecule is Cc1ccccc1C=O.O=Cc1ccccc1C(F)(F)F. The van der Waals surface area contributed by atoms with Gasteiger partial charge in [-0.3, -0.25) is 9.59 Å². The van der Waals surface area contributed by atoms with Crippen molar-refractivity contribution in [3.8, 4) is 0 Å². The highest BCUT2D eigenvalue weighted by Gasteiger charge is 2.32. The number of aldehydes is 2. The highest BCUT2D eigenvalue weighted by Crippen LogP contribution is 2.30. The fraction of sp³-hybridized carbons (Fsp3) is 0.125. The summed E-state index contributed by atoms with van der Waals surface area (Å²) in [4.78, 5) is 20.4. The second kappa shape index (κ2) is 7.38. The maximum atomic E-state index is 12.1. The lowest BCUT2D eigenvalue weighted by Crippen LogP contribution is -2.08. The Kier molecular flexibility index (Phi) is 5.84. The maximum absolute atomic E-state index is 12.1. The van der Waals surface area contributed by atoms with Crippen molar-refractivity contribution >= 4 is 12.6 Å². The number of carbonyl (C=O) groups is 2. The van der Waals surface area contributed by atoms with Gasteiger partial charge in [0.15, 0.2) is 6.29 Å². The van der Waals surface area contributed by atoms with E-state index in [-0.39, 0.29) is 11.8 Å². The fourth-order valence-corrected chi connectivity index (χ4v) is 1.58. The monoisotopic (exact) mass is 294 g/mol. The molecule has 0 saturated carbocycles. The molecule has 2 aromatic rings. The third-order valence-electron chi connectivity index (χ3n) is 2.71. The zero-order valence-electron chi connectivity index (χ0n) is 11.2. The van der Waals surface area contributed by atoms with Gasteiger partial charge in [0, 0.05) is 11.1 Å². The number of aryl methyl sites for hydroxylation is 1. The Morgan fingerprint density at radius 3 is 1.67 bits per heavy atom. The Bertz CT molecular complexity index is 619. The van der Waals surface area contributed by atoms with E-state index in [1.165, 1.54) is 12.1 Å². The zero-order valence-corrected chi connectivity index (χ0v) is 11.2. The molecule has 2 nitrogen and oxygen atoms in total. The summed E-state index contributed by atoms with van der Waals surface area (Å²) in [5, 5.41) is 0. The van der Waals surface area contributed by atoms with Crippen LogP contribution in [0.5, 0.6) is 0 Å². The molecule has 0 fully saturated rings. The number of hydrogen-bond donors (Lipinski definition) is 0. The molecule has 5 heteroatoms. The molecule has 0 radical (unpaired) electrons. The largest absolute Gasteiger partial charge is 0.417 e. The number of benzene rings is 2. The van der Waals surface area contributed by atoms with Crippen LogP contribution in [0.25, 0.3) is 0 Å². The van der Waals surface area contributed by atoms with Crippen LogP contribution >= 0.6 is 0 Å². The summed E-state index contributed by atoms with van der Waals surface area (Å²) in [6.07, 6.45) is -3.38. The highest BCUT2D eigenvalue weighted by atomic mass is 19.4. The molecular weight excluding hydrogens is 281 g/mol. The van der Waals surface area contributed by atoms with Crippen LogP contribution in [0.15, 0.2) is 48.5 Å². The van der Waals surface area contributed by atoms with Crippen molar-refractivity contribution in [1.29, 1.82) is 0 Å². The van der Waals surface area contributed by atoms with Crippen LogP contribution in [0.1, 0.15) is 31.8 Å². The molecule has 0 aliphatic heterocycles. The highest BCUT2D eigenvalue weighted by molar-refractivity contribution is 5.77. The normalized spacial score (nSPS) is 10.3. The Morgan fingerprint density at radius 2 is 1.29 bits per heavy atom. The quantitative estimate of drug-likeness (QED) is 0.773. The number of halogens is 3. The molecule has 0 amide bonds. The van der Waals surface area contributed by atoms with E-state index in [1.807, 2.05) is 31.2 Å². The van der Waals surface area contributed by atoms with Crippen LogP contribution in [0.4, 0.5) is 13.2 Å². The van der Waals surface area contributed by atoms with E-state index >= 15 is 0 Å². The average molecular weight is 294 g/mol. The number of carbonyl (C=O) groups excluding carboxylic acids is 2. The third kappa shape index (κ3) is 4.87. The Balaban J connectivity index is 0.000000219. The van der Waals surface area contributed by atoms with E-state index in [0.717, 1.165) is 29.5 Å². The molecule has 2 rings (SSSR count). The molecular formula is C16H13F3O2. The molecule has 0 bridgehead atoms. The first-order chi connectivity index (χ1) is 9.90. The molecule has 21 heavy (non-hydrogen) atoms. The Hall–Kier alpha value is -2.43. The molecule has 0 spiro atoms. The van der Waals surface area contributed by atoms with E-state index in [0.29, 0.717) is 0 Å². The van der Waals surface area contributed by atoms with E-state index in [4.69, 9.17) is 0 Å². The second-order valence-corrected chi connectivity index (χ2v) is 4.18. The molecule has 0 atom stereocenters. The summed E-state index contributed by atoms with van der Waals surface area (Å²) in [5.41, 5.74) is 0.593. The molecule has 0 aliphatic carbocycles. The van der Waals surface area contributed by atoms with E-state index in [9.17, 15) is 22.8 Å². The Morgan fingerprint density at radius 1 is 0.810 bits per heavy atom. The molecule has 110 valence electrons. The van der Waals surface area contributed by atoms with Crippen molar-refractivity contribution in [3.05, 3.63) is 70.8 Å². The minimum absolute atomic E-state index is 0.197. The zero-order chi connectivity index (χ0) is 15.9. The number of rotatable bonds is 2. The first kappa shape index (κ1) is 16.6. The van der Waals surface area contributed by atoms with Gasteiger partial charge in [-0.2, -0.15) is 13.2 Å². The van der Waals surface area contributed by atoms with Crippen LogP contribution in [0.3, 0.4) is 0 Å². The van der Waals surface area contributed by atoms with Crippen molar-refractivity contribution in [2.75, 3.05) is 0 Å². The van der Waals surface area contributed by atoms with Gasteiger partial charge in [0.1, 0.15) is 6.29 Å². The summed E-state index contributed by atoms with van der Waals surface area (Å²) in [6, 6.07) is 12.2. The summed E-state index contributed by atoms with van der Waals surface area (Å²) in [7, 11) is 0. The van der Waals surface area contributed by atoms with Crippen molar-refractivity contribution < 1.29 is 22.8 Å². The summed E-state index contributed by atoms with van der Waals surface area (Å²) >= 11 is 0. The van der Waals surface area contributed by atoms with Gasteiger partial charge in [-0.15, -0.1) is 0 Å². The first-order valence-corrected chi connectivity index (χ1v) is 6.02. The minimum atomic E-state index is -4.45. The first-order valence-electron chi connectivity index (χ1n) is 6.02. The molecule has 0 aromatic heterocycles. The average Bonchev–Trinajstić information content (AvgIpc) is 2.47. The van der Waals surface area contributed by atoms with Gasteiger partial charge < -0.3 is 0 Å². The predicted octanol–water partition coefficient (Wildman–Crippen LogP) is 4.33. The van der Waals surface area contributed by atoms with Crippen LogP contribution in [0.2, 0.25) is 0 Å². The molecule has 0 saturated heterocycles. The summed E-state index contributed by atoms with van der Waals surface area (Å²) < 4.78 is 36.2. The second-order valence-electron chi connectivity index (χ2n) is 4.18. The molecule has 0 aliphatic rings. The van der Waals surface area contributed by atoms with Gasteiger partial charge >= 0.3 is 6.18 Å². The molecule has 0 N–H and O–H groups in total. The number of hydrogen-bond acceptors (Lipinski definition) is 2. The standard InChI is InChI=1S/C8H5F3O.C8H8O/c9-8(10,11)7-4-2-1-3-6(7)5-12;1-7-4-2-3-5-8(7)6-9/h1-5H;2-6H,1H3. The lowest BCUT2D eigenvalue weighted by atomic mass is 10.1. The lowest BCUT2D eigenvalue weighted by molar-refractivity contribution is -0.137. The molecule has 2 aromatic carbocycles. The van der Waals surface area contributed by atoms with Crippen LogP contribution in [0, 0.1) is 6.92 Å². The van der Waals surface area contributed by atoms with Crippen LogP contribution in [-0.4, -0.2) is 12.6 Å². The summed E-state index contributed by atoms with van der Waals surface area (Å²) in [6.45, 7) is 1.92. The van der Waals surface area contributed by atoms with Crippen molar-refractivity contribution in [2.45, 2.75) is 13.1 Å². The molecule has 0 unspecified atom stereocenters. The molecule has 0 heterocycles. The minimum Gasteiger partial charge on any atom is -0.298 e. The van der Waals surface area contributed by atoms with Gasteiger partial charge in [-0.05, 0) is 18.6 Å². The Labute approximate surface area is 120 Å². The smallest absolute Gasteiger partial charge is 0.298 e. The van der Waals surface area contributed by atoms with Crippen molar-refractivity contribution in [2.24, 2.45) is 0 Å². The maximum Gasteiger partial charge on any atom is 0.417 e. The number of alkyl halides is 3. The van der Waals surface area contributed by atoms with Crippen molar-refractivity contribution in [1.82, 2.24) is 0 Å². The van der Waals surface area contributed by atoms with Gasteiger partial charge in [-0.1, -0.05) is 42.5 Å². The van der Waals surface area contributed by atoms with Gasteiger partial charge in [0.05, 0.1) is 5.56 Å². The van der Waals surface area contributed by atoms with Crippen LogP contribution in [-0.2, 0) is 6.18 Å². The van der Waals surface area contributed by atoms with Gasteiger partial charge in [0.2, 0.25) is 0 Å². The van der Waals surface area contributed by atoms with E-state index in [2.05, 4.69) is 0 Å². The van der Waals surface area contributed by atoms with Gasteiger partial charge in [0.25, 0.3) is 0 Å². The van der Waals surface area contributed by atoms with Gasteiger partial charge in [-0.25, -0.2) is 0 Å².